The van der Waals surface area contributed by atoms with Crippen LogP contribution in [-0.4, -0.2) is 27.5 Å². The number of hydrogen-bond donors (Lipinski definition) is 0. The number of sulfone groups is 1. The maximum Gasteiger partial charge on any atom is 0.205 e. The Morgan fingerprint density at radius 3 is 2.34 bits per heavy atom. The number of fused-ring (bicyclic) bond motifs is 5. The molecule has 0 saturated carbocycles. The summed E-state index contributed by atoms with van der Waals surface area (Å²) in [4.78, 5) is 2.42. The molecule has 2 unspecified atom stereocenters. The lowest BCUT2D eigenvalue weighted by atomic mass is 9.67. The van der Waals surface area contributed by atoms with Crippen molar-refractivity contribution < 1.29 is 17.9 Å². The number of hydrogen-bond acceptors (Lipinski definition) is 5. The van der Waals surface area contributed by atoms with Gasteiger partial charge in [0.1, 0.15) is 4.90 Å². The minimum atomic E-state index is -3.89. The number of unbranched alkanes of at least 4 members (excludes halogenated alkanes) is 1. The summed E-state index contributed by atoms with van der Waals surface area (Å²) >= 11 is 0. The van der Waals surface area contributed by atoms with Crippen LogP contribution >= 0.6 is 0 Å². The molecule has 47 heavy (non-hydrogen) atoms. The lowest BCUT2D eigenvalue weighted by Gasteiger charge is -2.43. The third-order valence-electron chi connectivity index (χ3n) is 10.6. The maximum atomic E-state index is 14.2. The van der Waals surface area contributed by atoms with Gasteiger partial charge in [-0.15, -0.1) is 0 Å². The van der Waals surface area contributed by atoms with Crippen molar-refractivity contribution in [3.63, 3.8) is 0 Å². The van der Waals surface area contributed by atoms with E-state index < -0.39 is 15.9 Å². The highest BCUT2D eigenvalue weighted by Crippen LogP contribution is 2.49. The quantitative estimate of drug-likeness (QED) is 0.201. The normalized spacial score (nSPS) is 20.6. The minimum Gasteiger partial charge on any atom is -0.493 e. The molecule has 0 bridgehead atoms. The molecule has 0 radical (unpaired) electrons. The summed E-state index contributed by atoms with van der Waals surface area (Å²) < 4.78 is 39.7. The zero-order valence-electron chi connectivity index (χ0n) is 27.8. The monoisotopic (exact) mass is 645 g/mol. The van der Waals surface area contributed by atoms with E-state index in [0.717, 1.165) is 50.5 Å². The van der Waals surface area contributed by atoms with Crippen LogP contribution in [0.5, 0.6) is 11.5 Å². The molecule has 0 saturated heterocycles. The van der Waals surface area contributed by atoms with Gasteiger partial charge in [0.2, 0.25) is 9.84 Å². The average molecular weight is 646 g/mol. The van der Waals surface area contributed by atoms with Crippen LogP contribution in [0.1, 0.15) is 74.2 Å². The van der Waals surface area contributed by atoms with E-state index in [-0.39, 0.29) is 16.1 Å². The van der Waals surface area contributed by atoms with E-state index in [0.29, 0.717) is 11.3 Å². The van der Waals surface area contributed by atoms with Crippen molar-refractivity contribution in [3.8, 4) is 11.5 Å². The average Bonchev–Trinajstić information content (AvgIpc) is 3.23. The molecule has 6 heteroatoms. The third-order valence-corrected chi connectivity index (χ3v) is 12.1. The Hall–Kier alpha value is -4.29. The molecule has 0 spiro atoms. The van der Waals surface area contributed by atoms with Gasteiger partial charge < -0.3 is 14.4 Å². The molecule has 1 heterocycles. The second-order valence-corrected chi connectivity index (χ2v) is 14.9. The summed E-state index contributed by atoms with van der Waals surface area (Å²) in [6.07, 6.45) is 11.4. The van der Waals surface area contributed by atoms with Crippen LogP contribution < -0.4 is 19.9 Å². The third kappa shape index (κ3) is 5.27. The molecule has 4 aromatic rings. The first kappa shape index (κ1) is 31.3. The molecule has 0 aromatic heterocycles. The molecular weight excluding hydrogens is 603 g/mol. The molecule has 2 aliphatic carbocycles. The fourth-order valence-corrected chi connectivity index (χ4v) is 9.53. The molecule has 0 fully saturated rings. The fraction of sp³-hybridized carbons (Fsp3) is 0.317. The lowest BCUT2D eigenvalue weighted by molar-refractivity contribution is 0.224. The van der Waals surface area contributed by atoms with Crippen molar-refractivity contribution in [1.82, 2.24) is 4.90 Å². The van der Waals surface area contributed by atoms with Gasteiger partial charge in [-0.25, -0.2) is 8.42 Å². The van der Waals surface area contributed by atoms with Crippen molar-refractivity contribution in [1.29, 1.82) is 0 Å². The largest absolute Gasteiger partial charge is 0.493 e. The Labute approximate surface area is 278 Å². The van der Waals surface area contributed by atoms with E-state index >= 15 is 0 Å². The van der Waals surface area contributed by atoms with Crippen molar-refractivity contribution in [2.75, 3.05) is 14.2 Å². The zero-order valence-corrected chi connectivity index (χ0v) is 28.6. The van der Waals surface area contributed by atoms with Crippen LogP contribution in [-0.2, 0) is 22.7 Å². The highest BCUT2D eigenvalue weighted by molar-refractivity contribution is 7.94. The van der Waals surface area contributed by atoms with E-state index in [1.807, 2.05) is 36.5 Å². The molecule has 5 nitrogen and oxygen atoms in total. The van der Waals surface area contributed by atoms with Gasteiger partial charge in [-0.2, -0.15) is 0 Å². The van der Waals surface area contributed by atoms with E-state index in [2.05, 4.69) is 73.4 Å². The predicted octanol–water partition coefficient (Wildman–Crippen LogP) is 7.32. The second kappa shape index (κ2) is 12.4. The summed E-state index contributed by atoms with van der Waals surface area (Å²) in [5.74, 6) is 0.632. The van der Waals surface area contributed by atoms with Crippen LogP contribution in [0.15, 0.2) is 95.4 Å². The van der Waals surface area contributed by atoms with E-state index in [1.165, 1.54) is 57.3 Å². The molecule has 4 aromatic carbocycles. The zero-order chi connectivity index (χ0) is 32.8. The number of rotatable bonds is 8. The smallest absolute Gasteiger partial charge is 0.205 e. The summed E-state index contributed by atoms with van der Waals surface area (Å²) in [5.41, 5.74) is 5.74. The molecule has 3 aliphatic rings. The van der Waals surface area contributed by atoms with Crippen LogP contribution in [0.3, 0.4) is 0 Å². The maximum absolute atomic E-state index is 14.2. The van der Waals surface area contributed by atoms with Gasteiger partial charge in [0.25, 0.3) is 0 Å². The van der Waals surface area contributed by atoms with Crippen LogP contribution in [0.25, 0.3) is 11.8 Å². The Morgan fingerprint density at radius 2 is 1.60 bits per heavy atom. The number of ether oxygens (including phenoxy) is 2. The van der Waals surface area contributed by atoms with Crippen molar-refractivity contribution >= 4 is 21.6 Å². The molecule has 7 rings (SSSR count). The molecule has 0 N–H and O–H groups in total. The highest BCUT2D eigenvalue weighted by atomic mass is 32.2. The summed E-state index contributed by atoms with van der Waals surface area (Å²) in [6.45, 7) is 4.60. The van der Waals surface area contributed by atoms with Crippen LogP contribution in [0.4, 0.5) is 0 Å². The first-order valence-corrected chi connectivity index (χ1v) is 18.3. The van der Waals surface area contributed by atoms with Crippen molar-refractivity contribution in [3.05, 3.63) is 134 Å². The van der Waals surface area contributed by atoms with Crippen molar-refractivity contribution in [2.24, 2.45) is 5.41 Å². The molecule has 1 aliphatic heterocycles. The Balaban J connectivity index is 1.57. The molecule has 242 valence electrons. The summed E-state index contributed by atoms with van der Waals surface area (Å²) in [7, 11) is -0.842. The lowest BCUT2D eigenvalue weighted by Crippen LogP contribution is -2.40. The number of nitrogens with zero attached hydrogens (tertiary/aromatic N) is 1. The van der Waals surface area contributed by atoms with Gasteiger partial charge in [0.15, 0.2) is 11.5 Å². The first-order chi connectivity index (χ1) is 22.8. The van der Waals surface area contributed by atoms with Crippen LogP contribution in [0, 0.1) is 15.9 Å². The van der Waals surface area contributed by atoms with Crippen LogP contribution in [0.2, 0.25) is 0 Å². The SMILES string of the molecule is CCCCC1(CC)CC(N2C=CS(=O)(=O)c3c(ccc(OC)c3OC)C2c2ccccc2)=c2ccc3c(c2C1)CC=c1ccccc1=3. The Kier molecular flexibility index (Phi) is 8.25. The van der Waals surface area contributed by atoms with Gasteiger partial charge in [0.05, 0.1) is 25.7 Å². The fourth-order valence-electron chi connectivity index (χ4n) is 8.15. The van der Waals surface area contributed by atoms with Gasteiger partial charge in [-0.3, -0.25) is 0 Å². The highest BCUT2D eigenvalue weighted by Gasteiger charge is 2.40. The standard InChI is InChI=1S/C41H43NO4S/c1-5-7-23-41(6-2)26-35-32-18-17-28-13-11-12-16-30(28)31(32)19-20-33(35)36(27-41)42-24-25-47(43,44)40-34(21-22-37(45-3)39(40)46-4)38(42)29-14-9-8-10-15-29/h8-17,19-22,24-25,38H,5-7,18,23,26-27H2,1-4H3. The van der Waals surface area contributed by atoms with E-state index in [9.17, 15) is 8.42 Å². The number of methoxy groups -OCH3 is 2. The second-order valence-electron chi connectivity index (χ2n) is 13.1. The van der Waals surface area contributed by atoms with E-state index in [1.54, 1.807) is 0 Å². The first-order valence-electron chi connectivity index (χ1n) is 16.8. The minimum absolute atomic E-state index is 0.0606. The van der Waals surface area contributed by atoms with Gasteiger partial charge in [-0.05, 0) is 81.2 Å². The van der Waals surface area contributed by atoms with E-state index in [4.69, 9.17) is 9.47 Å². The van der Waals surface area contributed by atoms with Gasteiger partial charge in [0, 0.05) is 17.5 Å². The number of benzene rings is 4. The van der Waals surface area contributed by atoms with Gasteiger partial charge in [-0.1, -0.05) is 106 Å². The summed E-state index contributed by atoms with van der Waals surface area (Å²) in [5, 5.41) is 6.49. The van der Waals surface area contributed by atoms with Gasteiger partial charge >= 0.3 is 0 Å². The Morgan fingerprint density at radius 1 is 0.830 bits per heavy atom. The van der Waals surface area contributed by atoms with Crippen molar-refractivity contribution in [2.45, 2.75) is 69.7 Å². The molecule has 0 amide bonds. The topological polar surface area (TPSA) is 55.8 Å². The predicted molar refractivity (Wildman–Crippen MR) is 188 cm³/mol. The summed E-state index contributed by atoms with van der Waals surface area (Å²) in [6, 6.07) is 26.9. The Bertz CT molecular complexity index is 2210. The molecule has 2 atom stereocenters. The molecular formula is C41H43NO4S.